The lowest BCUT2D eigenvalue weighted by atomic mass is 9.73. The van der Waals surface area contributed by atoms with Crippen molar-refractivity contribution >= 4 is 0 Å². The van der Waals surface area contributed by atoms with Crippen LogP contribution in [0.5, 0.6) is 0 Å². The van der Waals surface area contributed by atoms with Crippen molar-refractivity contribution in [1.29, 1.82) is 0 Å². The minimum Gasteiger partial charge on any atom is -0.393 e. The predicted molar refractivity (Wildman–Crippen MR) is 86.3 cm³/mol. The number of hydrogen-bond donors (Lipinski definition) is 2. The SMILES string of the molecule is CCc1nn(C)c(CC)c1CNCC1(C)CCCCC1O. The normalized spacial score (nSPS) is 26.2. The lowest BCUT2D eigenvalue weighted by molar-refractivity contribution is 0.00114. The van der Waals surface area contributed by atoms with Gasteiger partial charge in [-0.2, -0.15) is 5.10 Å². The molecule has 0 amide bonds. The Kier molecular flexibility index (Phi) is 5.44. The second kappa shape index (κ2) is 6.93. The van der Waals surface area contributed by atoms with E-state index in [1.807, 2.05) is 11.7 Å². The van der Waals surface area contributed by atoms with Gasteiger partial charge in [-0.25, -0.2) is 0 Å². The number of aliphatic hydroxyl groups is 1. The Labute approximate surface area is 128 Å². The number of nitrogens with one attached hydrogen (secondary N) is 1. The molecule has 2 atom stereocenters. The van der Waals surface area contributed by atoms with Crippen LogP contribution < -0.4 is 5.32 Å². The Morgan fingerprint density at radius 1 is 1.33 bits per heavy atom. The summed E-state index contributed by atoms with van der Waals surface area (Å²) in [6, 6.07) is 0. The maximum absolute atomic E-state index is 10.3. The molecule has 2 unspecified atom stereocenters. The minimum atomic E-state index is -0.163. The molecule has 21 heavy (non-hydrogen) atoms. The highest BCUT2D eigenvalue weighted by atomic mass is 16.3. The predicted octanol–water partition coefficient (Wildman–Crippen LogP) is 2.58. The summed E-state index contributed by atoms with van der Waals surface area (Å²) in [6.45, 7) is 8.32. The summed E-state index contributed by atoms with van der Waals surface area (Å²) in [5.74, 6) is 0. The molecule has 0 radical (unpaired) electrons. The maximum Gasteiger partial charge on any atom is 0.0669 e. The van der Waals surface area contributed by atoms with Crippen LogP contribution in [0.1, 0.15) is 63.4 Å². The van der Waals surface area contributed by atoms with Gasteiger partial charge in [-0.15, -0.1) is 0 Å². The summed E-state index contributed by atoms with van der Waals surface area (Å²) in [7, 11) is 2.04. The van der Waals surface area contributed by atoms with Crippen molar-refractivity contribution in [2.75, 3.05) is 6.54 Å². The minimum absolute atomic E-state index is 0.0270. The molecular weight excluding hydrogens is 262 g/mol. The van der Waals surface area contributed by atoms with E-state index in [9.17, 15) is 5.11 Å². The quantitative estimate of drug-likeness (QED) is 0.847. The highest BCUT2D eigenvalue weighted by Gasteiger charge is 2.34. The van der Waals surface area contributed by atoms with Crippen LogP contribution in [-0.2, 0) is 26.4 Å². The first-order valence-electron chi connectivity index (χ1n) is 8.44. The smallest absolute Gasteiger partial charge is 0.0669 e. The average Bonchev–Trinajstić information content (AvgIpc) is 2.78. The van der Waals surface area contributed by atoms with Crippen LogP contribution in [-0.4, -0.2) is 27.5 Å². The van der Waals surface area contributed by atoms with E-state index in [1.165, 1.54) is 29.8 Å². The van der Waals surface area contributed by atoms with Crippen molar-refractivity contribution in [3.63, 3.8) is 0 Å². The third kappa shape index (κ3) is 3.49. The highest BCUT2D eigenvalue weighted by Crippen LogP contribution is 2.35. The first-order valence-corrected chi connectivity index (χ1v) is 8.44. The van der Waals surface area contributed by atoms with Gasteiger partial charge in [-0.1, -0.05) is 33.6 Å². The van der Waals surface area contributed by atoms with E-state index in [1.54, 1.807) is 0 Å². The first kappa shape index (κ1) is 16.5. The number of aryl methyl sites for hydroxylation is 2. The molecular formula is C17H31N3O. The summed E-state index contributed by atoms with van der Waals surface area (Å²) in [4.78, 5) is 0. The van der Waals surface area contributed by atoms with Gasteiger partial charge in [0.05, 0.1) is 11.8 Å². The molecule has 0 saturated heterocycles. The van der Waals surface area contributed by atoms with Crippen LogP contribution in [0.4, 0.5) is 0 Å². The molecule has 2 N–H and O–H groups in total. The van der Waals surface area contributed by atoms with E-state index in [4.69, 9.17) is 0 Å². The van der Waals surface area contributed by atoms with Gasteiger partial charge < -0.3 is 10.4 Å². The van der Waals surface area contributed by atoms with Crippen molar-refractivity contribution in [3.8, 4) is 0 Å². The molecule has 0 aliphatic heterocycles. The van der Waals surface area contributed by atoms with Gasteiger partial charge in [-0.05, 0) is 25.7 Å². The van der Waals surface area contributed by atoms with Gasteiger partial charge in [0.25, 0.3) is 0 Å². The molecule has 4 heteroatoms. The summed E-state index contributed by atoms with van der Waals surface area (Å²) in [5, 5.41) is 18.5. The van der Waals surface area contributed by atoms with Gasteiger partial charge in [-0.3, -0.25) is 4.68 Å². The lowest BCUT2D eigenvalue weighted by Gasteiger charge is -2.38. The van der Waals surface area contributed by atoms with Crippen molar-refractivity contribution < 1.29 is 5.11 Å². The number of aromatic nitrogens is 2. The molecule has 0 aromatic carbocycles. The van der Waals surface area contributed by atoms with Gasteiger partial charge in [0.1, 0.15) is 0 Å². The standard InChI is InChI=1S/C17H31N3O/c1-5-14-13(15(6-2)20(4)19-14)11-18-12-17(3)10-8-7-9-16(17)21/h16,18,21H,5-12H2,1-4H3. The van der Waals surface area contributed by atoms with Gasteiger partial charge in [0, 0.05) is 36.8 Å². The van der Waals surface area contributed by atoms with Crippen LogP contribution in [0.15, 0.2) is 0 Å². The van der Waals surface area contributed by atoms with Crippen LogP contribution in [0.25, 0.3) is 0 Å². The van der Waals surface area contributed by atoms with Gasteiger partial charge in [0.15, 0.2) is 0 Å². The second-order valence-electron chi connectivity index (χ2n) is 6.72. The molecule has 0 bridgehead atoms. The second-order valence-corrected chi connectivity index (χ2v) is 6.72. The van der Waals surface area contributed by atoms with E-state index in [-0.39, 0.29) is 11.5 Å². The number of nitrogens with zero attached hydrogens (tertiary/aromatic N) is 2. The summed E-state index contributed by atoms with van der Waals surface area (Å²) < 4.78 is 2.02. The molecule has 120 valence electrons. The zero-order valence-corrected chi connectivity index (χ0v) is 14.1. The van der Waals surface area contributed by atoms with Crippen LogP contribution in [0.2, 0.25) is 0 Å². The zero-order valence-electron chi connectivity index (χ0n) is 14.1. The van der Waals surface area contributed by atoms with Gasteiger partial charge in [0.2, 0.25) is 0 Å². The highest BCUT2D eigenvalue weighted by molar-refractivity contribution is 5.26. The van der Waals surface area contributed by atoms with E-state index in [0.29, 0.717) is 0 Å². The fourth-order valence-corrected chi connectivity index (χ4v) is 3.65. The molecule has 2 rings (SSSR count). The Morgan fingerprint density at radius 3 is 2.71 bits per heavy atom. The lowest BCUT2D eigenvalue weighted by Crippen LogP contribution is -2.43. The molecule has 4 nitrogen and oxygen atoms in total. The van der Waals surface area contributed by atoms with Crippen LogP contribution >= 0.6 is 0 Å². The number of aliphatic hydroxyl groups excluding tert-OH is 1. The van der Waals surface area contributed by atoms with E-state index in [0.717, 1.165) is 38.8 Å². The first-order chi connectivity index (χ1) is 10.0. The average molecular weight is 293 g/mol. The van der Waals surface area contributed by atoms with E-state index < -0.39 is 0 Å². The molecule has 0 spiro atoms. The third-order valence-electron chi connectivity index (χ3n) is 5.14. The number of hydrogen-bond acceptors (Lipinski definition) is 3. The van der Waals surface area contributed by atoms with E-state index >= 15 is 0 Å². The Morgan fingerprint density at radius 2 is 2.10 bits per heavy atom. The zero-order chi connectivity index (χ0) is 15.5. The fourth-order valence-electron chi connectivity index (χ4n) is 3.65. The Hall–Kier alpha value is -0.870. The molecule has 1 heterocycles. The monoisotopic (exact) mass is 293 g/mol. The summed E-state index contributed by atoms with van der Waals surface area (Å²) in [5.41, 5.74) is 3.92. The molecule has 1 aliphatic carbocycles. The van der Waals surface area contributed by atoms with Crippen molar-refractivity contribution in [2.24, 2.45) is 12.5 Å². The fraction of sp³-hybridized carbons (Fsp3) is 0.824. The third-order valence-corrected chi connectivity index (χ3v) is 5.14. The molecule has 1 fully saturated rings. The summed E-state index contributed by atoms with van der Waals surface area (Å²) >= 11 is 0. The topological polar surface area (TPSA) is 50.1 Å². The van der Waals surface area contributed by atoms with Crippen molar-refractivity contribution in [2.45, 2.75) is 71.9 Å². The molecule has 1 aromatic rings. The number of rotatable bonds is 6. The van der Waals surface area contributed by atoms with Crippen LogP contribution in [0.3, 0.4) is 0 Å². The Balaban J connectivity index is 2.00. The molecule has 1 aromatic heterocycles. The van der Waals surface area contributed by atoms with Gasteiger partial charge >= 0.3 is 0 Å². The van der Waals surface area contributed by atoms with Crippen molar-refractivity contribution in [3.05, 3.63) is 17.0 Å². The maximum atomic E-state index is 10.3. The van der Waals surface area contributed by atoms with Crippen molar-refractivity contribution in [1.82, 2.24) is 15.1 Å². The Bertz CT molecular complexity index is 469. The van der Waals surface area contributed by atoms with E-state index in [2.05, 4.69) is 31.2 Å². The molecule has 1 aliphatic rings. The molecule has 1 saturated carbocycles. The largest absolute Gasteiger partial charge is 0.393 e. The summed E-state index contributed by atoms with van der Waals surface area (Å²) in [6.07, 6.45) is 6.30. The van der Waals surface area contributed by atoms with Crippen LogP contribution in [0, 0.1) is 5.41 Å².